The molecule has 4 nitrogen and oxygen atoms in total. The van der Waals surface area contributed by atoms with Crippen LogP contribution in [-0.4, -0.2) is 21.3 Å². The molecule has 9 heteroatoms. The first-order valence-electron chi connectivity index (χ1n) is 7.45. The summed E-state index contributed by atoms with van der Waals surface area (Å²) in [7, 11) is 0. The van der Waals surface area contributed by atoms with Crippen LogP contribution in [0.2, 0.25) is 0 Å². The molecule has 0 unspecified atom stereocenters. The van der Waals surface area contributed by atoms with E-state index in [2.05, 4.69) is 0 Å². The molecule has 1 aliphatic heterocycles. The number of halogens is 3. The molecule has 1 amide bonds. The number of carbonyl (C=O) groups is 2. The number of carbonyl (C=O) groups excluding carboxylic acids is 1. The van der Waals surface area contributed by atoms with Gasteiger partial charge < -0.3 is 5.11 Å². The Hall–Kier alpha value is -2.65. The van der Waals surface area contributed by atoms with E-state index in [1.54, 1.807) is 0 Å². The number of hydrogen-bond donors (Lipinski definition) is 1. The van der Waals surface area contributed by atoms with E-state index in [1.807, 2.05) is 0 Å². The second kappa shape index (κ2) is 7.16. The summed E-state index contributed by atoms with van der Waals surface area (Å²) in [6.07, 6.45) is -3.02. The summed E-state index contributed by atoms with van der Waals surface area (Å²) < 4.78 is 38.8. The molecule has 27 heavy (non-hydrogen) atoms. The number of alkyl halides is 3. The van der Waals surface area contributed by atoms with Crippen molar-refractivity contribution in [3.8, 4) is 0 Å². The van der Waals surface area contributed by atoms with Gasteiger partial charge in [0.1, 0.15) is 0 Å². The quantitative estimate of drug-likeness (QED) is 0.583. The third kappa shape index (κ3) is 4.04. The summed E-state index contributed by atoms with van der Waals surface area (Å²) in [5, 5.41) is 8.90. The number of thioether (sulfide) groups is 1. The van der Waals surface area contributed by atoms with Gasteiger partial charge in [0.15, 0.2) is 4.32 Å². The van der Waals surface area contributed by atoms with Crippen LogP contribution in [0.4, 0.5) is 18.9 Å². The molecule has 1 aliphatic rings. The van der Waals surface area contributed by atoms with Crippen molar-refractivity contribution in [1.29, 1.82) is 0 Å². The van der Waals surface area contributed by atoms with Gasteiger partial charge in [0.25, 0.3) is 5.91 Å². The van der Waals surface area contributed by atoms with Crippen LogP contribution in [-0.2, 0) is 11.0 Å². The molecule has 138 valence electrons. The van der Waals surface area contributed by atoms with Crippen LogP contribution in [0, 0.1) is 0 Å². The predicted molar refractivity (Wildman–Crippen MR) is 100 cm³/mol. The van der Waals surface area contributed by atoms with Crippen LogP contribution in [0.5, 0.6) is 0 Å². The summed E-state index contributed by atoms with van der Waals surface area (Å²) in [6, 6.07) is 10.2. The molecule has 1 fully saturated rings. The maximum Gasteiger partial charge on any atom is 0.416 e. The molecule has 0 radical (unpaired) electrons. The highest BCUT2D eigenvalue weighted by atomic mass is 32.2. The fourth-order valence-electron chi connectivity index (χ4n) is 2.38. The molecule has 1 saturated heterocycles. The largest absolute Gasteiger partial charge is 0.478 e. The number of rotatable bonds is 3. The Morgan fingerprint density at radius 1 is 1.15 bits per heavy atom. The lowest BCUT2D eigenvalue weighted by Gasteiger charge is -2.16. The Morgan fingerprint density at radius 3 is 2.41 bits per heavy atom. The Morgan fingerprint density at radius 2 is 1.81 bits per heavy atom. The average molecular weight is 409 g/mol. The van der Waals surface area contributed by atoms with E-state index < -0.39 is 23.6 Å². The SMILES string of the molecule is O=C(O)c1ccc(C=C2SC(=S)N(c3cccc(C(F)(F)F)c3)C2=O)cc1. The number of nitrogens with zero attached hydrogens (tertiary/aromatic N) is 1. The molecule has 2 aromatic rings. The second-order valence-electron chi connectivity index (χ2n) is 5.49. The zero-order valence-corrected chi connectivity index (χ0v) is 15.0. The van der Waals surface area contributed by atoms with E-state index in [1.165, 1.54) is 42.5 Å². The summed E-state index contributed by atoms with van der Waals surface area (Å²) >= 11 is 6.12. The minimum Gasteiger partial charge on any atom is -0.478 e. The number of aromatic carboxylic acids is 1. The van der Waals surface area contributed by atoms with E-state index in [4.69, 9.17) is 17.3 Å². The molecule has 0 bridgehead atoms. The Labute approximate surface area is 161 Å². The number of hydrogen-bond acceptors (Lipinski definition) is 4. The fraction of sp³-hybridized carbons (Fsp3) is 0.0556. The summed E-state index contributed by atoms with van der Waals surface area (Å²) in [6.45, 7) is 0. The lowest BCUT2D eigenvalue weighted by Crippen LogP contribution is -2.27. The predicted octanol–water partition coefficient (Wildman–Crippen LogP) is 4.81. The van der Waals surface area contributed by atoms with Gasteiger partial charge in [-0.3, -0.25) is 9.69 Å². The van der Waals surface area contributed by atoms with Gasteiger partial charge in [-0.2, -0.15) is 13.2 Å². The summed E-state index contributed by atoms with van der Waals surface area (Å²) in [5.74, 6) is -1.61. The van der Waals surface area contributed by atoms with Gasteiger partial charge in [0.2, 0.25) is 0 Å². The lowest BCUT2D eigenvalue weighted by molar-refractivity contribution is -0.137. The molecule has 1 heterocycles. The van der Waals surface area contributed by atoms with Crippen LogP contribution in [0.1, 0.15) is 21.5 Å². The van der Waals surface area contributed by atoms with Crippen LogP contribution >= 0.6 is 24.0 Å². The van der Waals surface area contributed by atoms with Crippen molar-refractivity contribution in [1.82, 2.24) is 0 Å². The van der Waals surface area contributed by atoms with Gasteiger partial charge in [0, 0.05) is 0 Å². The number of benzene rings is 2. The van der Waals surface area contributed by atoms with E-state index in [0.29, 0.717) is 5.56 Å². The molecular formula is C18H10F3NO3S2. The number of carboxylic acid groups (broad SMARTS) is 1. The van der Waals surface area contributed by atoms with Crippen molar-refractivity contribution in [2.75, 3.05) is 4.90 Å². The second-order valence-corrected chi connectivity index (χ2v) is 7.17. The molecule has 2 aromatic carbocycles. The zero-order chi connectivity index (χ0) is 19.8. The maximum absolute atomic E-state index is 12.9. The smallest absolute Gasteiger partial charge is 0.416 e. The molecule has 0 spiro atoms. The zero-order valence-electron chi connectivity index (χ0n) is 13.4. The summed E-state index contributed by atoms with van der Waals surface area (Å²) in [4.78, 5) is 24.8. The molecule has 1 N–H and O–H groups in total. The first kappa shape index (κ1) is 19.1. The van der Waals surface area contributed by atoms with E-state index in [0.717, 1.165) is 28.8 Å². The molecular weight excluding hydrogens is 399 g/mol. The van der Waals surface area contributed by atoms with Gasteiger partial charge in [-0.15, -0.1) is 0 Å². The third-order valence-corrected chi connectivity index (χ3v) is 4.98. The van der Waals surface area contributed by atoms with Gasteiger partial charge in [-0.1, -0.05) is 42.2 Å². The van der Waals surface area contributed by atoms with Crippen molar-refractivity contribution in [3.05, 3.63) is 70.1 Å². The van der Waals surface area contributed by atoms with Crippen LogP contribution in [0.25, 0.3) is 6.08 Å². The Kier molecular flexibility index (Phi) is 5.07. The topological polar surface area (TPSA) is 57.6 Å². The molecule has 0 saturated carbocycles. The van der Waals surface area contributed by atoms with Crippen molar-refractivity contribution < 1.29 is 27.9 Å². The van der Waals surface area contributed by atoms with Crippen LogP contribution in [0.15, 0.2) is 53.4 Å². The summed E-state index contributed by atoms with van der Waals surface area (Å²) in [5.41, 5.74) is -0.160. The minimum absolute atomic E-state index is 0.0388. The highest BCUT2D eigenvalue weighted by Gasteiger charge is 2.36. The Bertz CT molecular complexity index is 969. The van der Waals surface area contributed by atoms with Crippen molar-refractivity contribution >= 4 is 51.9 Å². The number of amides is 1. The number of anilines is 1. The maximum atomic E-state index is 12.9. The fourth-order valence-corrected chi connectivity index (χ4v) is 3.68. The lowest BCUT2D eigenvalue weighted by atomic mass is 10.1. The van der Waals surface area contributed by atoms with Gasteiger partial charge >= 0.3 is 12.1 Å². The Balaban J connectivity index is 1.90. The number of thiocarbonyl (C=S) groups is 1. The van der Waals surface area contributed by atoms with Crippen molar-refractivity contribution in [2.24, 2.45) is 0 Å². The van der Waals surface area contributed by atoms with Gasteiger partial charge in [0.05, 0.1) is 21.7 Å². The average Bonchev–Trinajstić information content (AvgIpc) is 2.88. The van der Waals surface area contributed by atoms with Crippen molar-refractivity contribution in [3.63, 3.8) is 0 Å². The first-order chi connectivity index (χ1) is 12.7. The van der Waals surface area contributed by atoms with E-state index in [9.17, 15) is 22.8 Å². The first-order valence-corrected chi connectivity index (χ1v) is 8.68. The monoisotopic (exact) mass is 409 g/mol. The molecule has 0 aliphatic carbocycles. The molecule has 3 rings (SSSR count). The van der Waals surface area contributed by atoms with Crippen LogP contribution in [0.3, 0.4) is 0 Å². The van der Waals surface area contributed by atoms with Crippen molar-refractivity contribution in [2.45, 2.75) is 6.18 Å². The minimum atomic E-state index is -4.53. The highest BCUT2D eigenvalue weighted by molar-refractivity contribution is 8.27. The van der Waals surface area contributed by atoms with E-state index in [-0.39, 0.29) is 20.5 Å². The number of carboxylic acids is 1. The highest BCUT2D eigenvalue weighted by Crippen LogP contribution is 2.38. The van der Waals surface area contributed by atoms with Gasteiger partial charge in [-0.25, -0.2) is 4.79 Å². The standard InChI is InChI=1S/C18H10F3NO3S2/c19-18(20,21)12-2-1-3-13(9-12)22-15(23)14(27-17(22)26)8-10-4-6-11(7-5-10)16(24)25/h1-9H,(H,24,25). The third-order valence-electron chi connectivity index (χ3n) is 3.68. The van der Waals surface area contributed by atoms with Crippen LogP contribution < -0.4 is 4.90 Å². The molecule has 0 aromatic heterocycles. The van der Waals surface area contributed by atoms with E-state index >= 15 is 0 Å². The van der Waals surface area contributed by atoms with Gasteiger partial charge in [-0.05, 0) is 42.0 Å². The normalized spacial score (nSPS) is 16.3. The molecule has 0 atom stereocenters.